The summed E-state index contributed by atoms with van der Waals surface area (Å²) in [6.07, 6.45) is 7.00. The first kappa shape index (κ1) is 9.51. The first-order valence-electron chi connectivity index (χ1n) is 5.94. The summed E-state index contributed by atoms with van der Waals surface area (Å²) in [5.41, 5.74) is 6.18. The molecule has 0 amide bonds. The Labute approximate surface area is 82.1 Å². The average Bonchev–Trinajstić information content (AvgIpc) is 2.87. The van der Waals surface area contributed by atoms with Crippen molar-refractivity contribution in [2.45, 2.75) is 52.0 Å². The van der Waals surface area contributed by atoms with E-state index in [1.54, 1.807) is 0 Å². The van der Waals surface area contributed by atoms with Gasteiger partial charge in [-0.15, -0.1) is 0 Å². The van der Waals surface area contributed by atoms with E-state index in [4.69, 9.17) is 5.73 Å². The molecule has 0 bridgehead atoms. The van der Waals surface area contributed by atoms with Gasteiger partial charge in [-0.25, -0.2) is 0 Å². The highest BCUT2D eigenvalue weighted by molar-refractivity contribution is 4.92. The molecule has 0 heterocycles. The lowest BCUT2D eigenvalue weighted by molar-refractivity contribution is 0.173. The van der Waals surface area contributed by atoms with E-state index in [0.717, 1.165) is 23.7 Å². The van der Waals surface area contributed by atoms with Gasteiger partial charge >= 0.3 is 0 Å². The van der Waals surface area contributed by atoms with Gasteiger partial charge < -0.3 is 5.73 Å². The first-order valence-corrected chi connectivity index (χ1v) is 5.94. The van der Waals surface area contributed by atoms with Gasteiger partial charge in [0, 0.05) is 6.04 Å². The molecule has 0 radical (unpaired) electrons. The standard InChI is InChI=1S/C12H23N/c1-8(2)10-5-6-12(13)11(7-10)9-3-4-9/h8-12H,3-7,13H2,1-2H3. The van der Waals surface area contributed by atoms with E-state index in [1.807, 2.05) is 0 Å². The zero-order valence-corrected chi connectivity index (χ0v) is 9.00. The van der Waals surface area contributed by atoms with Gasteiger partial charge in [-0.05, 0) is 55.8 Å². The SMILES string of the molecule is CC(C)C1CCC(N)C(C2CC2)C1. The van der Waals surface area contributed by atoms with Gasteiger partial charge in [0.1, 0.15) is 0 Å². The van der Waals surface area contributed by atoms with E-state index in [-0.39, 0.29) is 0 Å². The molecular weight excluding hydrogens is 158 g/mol. The van der Waals surface area contributed by atoms with Crippen molar-refractivity contribution in [2.24, 2.45) is 29.4 Å². The van der Waals surface area contributed by atoms with Crippen molar-refractivity contribution >= 4 is 0 Å². The maximum atomic E-state index is 6.18. The fraction of sp³-hybridized carbons (Fsp3) is 1.00. The van der Waals surface area contributed by atoms with Crippen LogP contribution in [0.5, 0.6) is 0 Å². The summed E-state index contributed by atoms with van der Waals surface area (Å²) in [4.78, 5) is 0. The van der Waals surface area contributed by atoms with E-state index in [9.17, 15) is 0 Å². The van der Waals surface area contributed by atoms with Crippen molar-refractivity contribution in [1.82, 2.24) is 0 Å². The summed E-state index contributed by atoms with van der Waals surface area (Å²) < 4.78 is 0. The summed E-state index contributed by atoms with van der Waals surface area (Å²) >= 11 is 0. The number of nitrogens with two attached hydrogens (primary N) is 1. The van der Waals surface area contributed by atoms with Gasteiger partial charge in [0.15, 0.2) is 0 Å². The van der Waals surface area contributed by atoms with Crippen molar-refractivity contribution < 1.29 is 0 Å². The van der Waals surface area contributed by atoms with Crippen molar-refractivity contribution in [3.8, 4) is 0 Å². The second-order valence-electron chi connectivity index (χ2n) is 5.48. The van der Waals surface area contributed by atoms with Gasteiger partial charge in [0.05, 0.1) is 0 Å². The van der Waals surface area contributed by atoms with E-state index >= 15 is 0 Å². The Morgan fingerprint density at radius 3 is 2.31 bits per heavy atom. The van der Waals surface area contributed by atoms with Gasteiger partial charge in [-0.1, -0.05) is 13.8 Å². The van der Waals surface area contributed by atoms with E-state index < -0.39 is 0 Å². The number of rotatable bonds is 2. The summed E-state index contributed by atoms with van der Waals surface area (Å²) in [5, 5.41) is 0. The topological polar surface area (TPSA) is 26.0 Å². The highest BCUT2D eigenvalue weighted by atomic mass is 14.7. The van der Waals surface area contributed by atoms with Crippen molar-refractivity contribution in [1.29, 1.82) is 0 Å². The molecule has 1 nitrogen and oxygen atoms in total. The third kappa shape index (κ3) is 2.07. The Kier molecular flexibility index (Phi) is 2.64. The van der Waals surface area contributed by atoms with E-state index in [0.29, 0.717) is 6.04 Å². The Bertz CT molecular complexity index is 172. The minimum absolute atomic E-state index is 0.530. The zero-order valence-electron chi connectivity index (χ0n) is 9.00. The predicted octanol–water partition coefficient (Wildman–Crippen LogP) is 2.80. The van der Waals surface area contributed by atoms with Crippen LogP contribution in [0.25, 0.3) is 0 Å². The second-order valence-corrected chi connectivity index (χ2v) is 5.48. The number of hydrogen-bond donors (Lipinski definition) is 1. The minimum Gasteiger partial charge on any atom is -0.327 e. The molecule has 3 unspecified atom stereocenters. The molecule has 0 spiro atoms. The molecule has 0 aromatic rings. The molecule has 0 aromatic heterocycles. The van der Waals surface area contributed by atoms with Gasteiger partial charge in [-0.2, -0.15) is 0 Å². The van der Waals surface area contributed by atoms with Crippen molar-refractivity contribution in [3.63, 3.8) is 0 Å². The smallest absolute Gasteiger partial charge is 0.00700 e. The molecular formula is C12H23N. The van der Waals surface area contributed by atoms with Crippen LogP contribution in [0, 0.1) is 23.7 Å². The zero-order chi connectivity index (χ0) is 9.42. The molecule has 0 aliphatic heterocycles. The molecule has 13 heavy (non-hydrogen) atoms. The van der Waals surface area contributed by atoms with Crippen LogP contribution in [0.1, 0.15) is 46.0 Å². The molecule has 0 saturated heterocycles. The lowest BCUT2D eigenvalue weighted by atomic mass is 9.72. The largest absolute Gasteiger partial charge is 0.327 e. The third-order valence-electron chi connectivity index (χ3n) is 4.17. The predicted molar refractivity (Wildman–Crippen MR) is 56.4 cm³/mol. The third-order valence-corrected chi connectivity index (χ3v) is 4.17. The molecule has 2 saturated carbocycles. The van der Waals surface area contributed by atoms with Crippen LogP contribution in [0.15, 0.2) is 0 Å². The lowest BCUT2D eigenvalue weighted by Crippen LogP contribution is -2.38. The minimum atomic E-state index is 0.530. The highest BCUT2D eigenvalue weighted by Gasteiger charge is 2.39. The van der Waals surface area contributed by atoms with Crippen LogP contribution in [-0.4, -0.2) is 6.04 Å². The fourth-order valence-corrected chi connectivity index (χ4v) is 2.93. The lowest BCUT2D eigenvalue weighted by Gasteiger charge is -2.36. The molecule has 2 aliphatic carbocycles. The highest BCUT2D eigenvalue weighted by Crippen LogP contribution is 2.46. The Hall–Kier alpha value is -0.0400. The molecule has 3 atom stereocenters. The second kappa shape index (κ2) is 3.61. The first-order chi connectivity index (χ1) is 6.18. The van der Waals surface area contributed by atoms with Crippen LogP contribution in [-0.2, 0) is 0 Å². The van der Waals surface area contributed by atoms with Crippen molar-refractivity contribution in [3.05, 3.63) is 0 Å². The van der Waals surface area contributed by atoms with Crippen LogP contribution in [0.4, 0.5) is 0 Å². The summed E-state index contributed by atoms with van der Waals surface area (Å²) in [6, 6.07) is 0.530. The molecule has 0 aromatic carbocycles. The number of hydrogen-bond acceptors (Lipinski definition) is 1. The van der Waals surface area contributed by atoms with Crippen LogP contribution in [0.3, 0.4) is 0 Å². The Morgan fingerprint density at radius 2 is 1.77 bits per heavy atom. The van der Waals surface area contributed by atoms with Gasteiger partial charge in [0.2, 0.25) is 0 Å². The molecule has 2 aliphatic rings. The van der Waals surface area contributed by atoms with Gasteiger partial charge in [-0.3, -0.25) is 0 Å². The average molecular weight is 181 g/mol. The van der Waals surface area contributed by atoms with Crippen molar-refractivity contribution in [2.75, 3.05) is 0 Å². The summed E-state index contributed by atoms with van der Waals surface area (Å²) in [5.74, 6) is 3.72. The van der Waals surface area contributed by atoms with Crippen LogP contribution in [0.2, 0.25) is 0 Å². The Morgan fingerprint density at radius 1 is 1.08 bits per heavy atom. The molecule has 1 heteroatoms. The fourth-order valence-electron chi connectivity index (χ4n) is 2.93. The Balaban J connectivity index is 1.92. The van der Waals surface area contributed by atoms with Crippen LogP contribution >= 0.6 is 0 Å². The summed E-state index contributed by atoms with van der Waals surface area (Å²) in [6.45, 7) is 4.73. The quantitative estimate of drug-likeness (QED) is 0.696. The normalized spacial score (nSPS) is 41.1. The van der Waals surface area contributed by atoms with Crippen LogP contribution < -0.4 is 5.73 Å². The molecule has 2 N–H and O–H groups in total. The van der Waals surface area contributed by atoms with E-state index in [2.05, 4.69) is 13.8 Å². The molecule has 76 valence electrons. The molecule has 2 fully saturated rings. The van der Waals surface area contributed by atoms with Gasteiger partial charge in [0.25, 0.3) is 0 Å². The summed E-state index contributed by atoms with van der Waals surface area (Å²) in [7, 11) is 0. The maximum absolute atomic E-state index is 6.18. The maximum Gasteiger partial charge on any atom is 0.00700 e. The molecule has 2 rings (SSSR count). The monoisotopic (exact) mass is 181 g/mol. The van der Waals surface area contributed by atoms with E-state index in [1.165, 1.54) is 32.1 Å².